The molecular formula is C27H23N3O5. The number of anilines is 2. The maximum atomic E-state index is 13.1. The number of fused-ring (bicyclic) bond motifs is 1. The van der Waals surface area contributed by atoms with Crippen LogP contribution in [0.4, 0.5) is 11.4 Å². The molecule has 0 unspecified atom stereocenters. The third-order valence-electron chi connectivity index (χ3n) is 5.43. The van der Waals surface area contributed by atoms with Gasteiger partial charge < -0.3 is 25.8 Å². The number of benzene rings is 4. The summed E-state index contributed by atoms with van der Waals surface area (Å²) < 4.78 is 5.34. The Morgan fingerprint density at radius 3 is 2.17 bits per heavy atom. The summed E-state index contributed by atoms with van der Waals surface area (Å²) in [6, 6.07) is 21.6. The largest absolute Gasteiger partial charge is 0.507 e. The average molecular weight is 469 g/mol. The van der Waals surface area contributed by atoms with Crippen molar-refractivity contribution in [3.8, 4) is 11.5 Å². The van der Waals surface area contributed by atoms with Crippen molar-refractivity contribution in [1.29, 1.82) is 0 Å². The van der Waals surface area contributed by atoms with Gasteiger partial charge in [0.05, 0.1) is 18.4 Å². The van der Waals surface area contributed by atoms with Gasteiger partial charge in [-0.1, -0.05) is 24.3 Å². The van der Waals surface area contributed by atoms with Crippen molar-refractivity contribution in [1.82, 2.24) is 5.32 Å². The number of methoxy groups -OCH3 is 1. The van der Waals surface area contributed by atoms with Crippen molar-refractivity contribution in [2.24, 2.45) is 0 Å². The molecular weight excluding hydrogens is 446 g/mol. The van der Waals surface area contributed by atoms with E-state index >= 15 is 0 Å². The van der Waals surface area contributed by atoms with E-state index in [1.54, 1.807) is 42.5 Å². The first-order chi connectivity index (χ1) is 16.9. The number of carbonyl (C=O) groups is 3. The van der Waals surface area contributed by atoms with Crippen LogP contribution in [0.2, 0.25) is 0 Å². The van der Waals surface area contributed by atoms with Crippen LogP contribution >= 0.6 is 0 Å². The molecule has 0 aliphatic heterocycles. The molecule has 8 nitrogen and oxygen atoms in total. The summed E-state index contributed by atoms with van der Waals surface area (Å²) in [5.41, 5.74) is 1.64. The summed E-state index contributed by atoms with van der Waals surface area (Å²) in [5.74, 6) is -1.10. The van der Waals surface area contributed by atoms with Gasteiger partial charge in [-0.3, -0.25) is 14.4 Å². The molecule has 0 heterocycles. The third-order valence-corrected chi connectivity index (χ3v) is 5.43. The molecule has 3 amide bonds. The lowest BCUT2D eigenvalue weighted by molar-refractivity contribution is 0.0961. The lowest BCUT2D eigenvalue weighted by atomic mass is 10.0. The van der Waals surface area contributed by atoms with Gasteiger partial charge in [-0.25, -0.2) is 0 Å². The number of nitrogens with one attached hydrogen (secondary N) is 3. The Hall–Kier alpha value is -4.85. The molecule has 8 heteroatoms. The van der Waals surface area contributed by atoms with Gasteiger partial charge in [0.15, 0.2) is 0 Å². The highest BCUT2D eigenvalue weighted by Gasteiger charge is 2.17. The highest BCUT2D eigenvalue weighted by atomic mass is 16.5. The van der Waals surface area contributed by atoms with Gasteiger partial charge in [0.25, 0.3) is 17.7 Å². The summed E-state index contributed by atoms with van der Waals surface area (Å²) in [7, 11) is 2.98. The van der Waals surface area contributed by atoms with Crippen LogP contribution in [-0.4, -0.2) is 37.0 Å². The van der Waals surface area contributed by atoms with Crippen molar-refractivity contribution < 1.29 is 24.2 Å². The minimum Gasteiger partial charge on any atom is -0.507 e. The number of rotatable bonds is 6. The molecule has 0 fully saturated rings. The molecule has 35 heavy (non-hydrogen) atoms. The van der Waals surface area contributed by atoms with Gasteiger partial charge in [0.1, 0.15) is 11.5 Å². The molecule has 0 saturated heterocycles. The van der Waals surface area contributed by atoms with Gasteiger partial charge in [-0.15, -0.1) is 0 Å². The molecule has 4 N–H and O–H groups in total. The van der Waals surface area contributed by atoms with E-state index in [1.165, 1.54) is 32.4 Å². The maximum Gasteiger partial charge on any atom is 0.259 e. The number of aromatic hydroxyl groups is 1. The van der Waals surface area contributed by atoms with E-state index in [0.29, 0.717) is 33.3 Å². The summed E-state index contributed by atoms with van der Waals surface area (Å²) in [6.07, 6.45) is 0. The Morgan fingerprint density at radius 2 is 1.46 bits per heavy atom. The van der Waals surface area contributed by atoms with Crippen LogP contribution in [0.25, 0.3) is 10.8 Å². The quantitative estimate of drug-likeness (QED) is 0.334. The van der Waals surface area contributed by atoms with Crippen LogP contribution in [-0.2, 0) is 0 Å². The van der Waals surface area contributed by atoms with E-state index in [-0.39, 0.29) is 28.8 Å². The number of para-hydroxylation sites is 1. The summed E-state index contributed by atoms with van der Waals surface area (Å²) in [4.78, 5) is 37.8. The van der Waals surface area contributed by atoms with Crippen LogP contribution in [0.5, 0.6) is 11.5 Å². The molecule has 0 aliphatic carbocycles. The SMILES string of the molecule is CNC(=O)c1ccc2cc(O)c(C(=O)Nc3cc(C(=O)Nc4ccccc4)ccc3OC)cc2c1. The molecule has 0 radical (unpaired) electrons. The normalized spacial score (nSPS) is 10.5. The van der Waals surface area contributed by atoms with Gasteiger partial charge in [-0.2, -0.15) is 0 Å². The van der Waals surface area contributed by atoms with Crippen molar-refractivity contribution in [3.05, 3.63) is 95.6 Å². The first-order valence-corrected chi connectivity index (χ1v) is 10.7. The number of amides is 3. The Morgan fingerprint density at radius 1 is 0.743 bits per heavy atom. The second kappa shape index (κ2) is 9.96. The Labute approximate surface area is 201 Å². The van der Waals surface area contributed by atoms with Crippen molar-refractivity contribution in [3.63, 3.8) is 0 Å². The zero-order valence-electron chi connectivity index (χ0n) is 19.1. The number of phenolic OH excluding ortho intramolecular Hbond substituents is 1. The predicted molar refractivity (Wildman–Crippen MR) is 134 cm³/mol. The second-order valence-corrected chi connectivity index (χ2v) is 7.70. The van der Waals surface area contributed by atoms with Gasteiger partial charge >= 0.3 is 0 Å². The molecule has 4 aromatic rings. The minimum absolute atomic E-state index is 0.00718. The monoisotopic (exact) mass is 469 g/mol. The molecule has 176 valence electrons. The zero-order valence-corrected chi connectivity index (χ0v) is 19.1. The second-order valence-electron chi connectivity index (χ2n) is 7.70. The molecule has 4 aromatic carbocycles. The molecule has 4 rings (SSSR count). The highest BCUT2D eigenvalue weighted by Crippen LogP contribution is 2.30. The van der Waals surface area contributed by atoms with Crippen LogP contribution in [0.1, 0.15) is 31.1 Å². The fourth-order valence-electron chi connectivity index (χ4n) is 3.61. The number of hydrogen-bond donors (Lipinski definition) is 4. The Balaban J connectivity index is 1.63. The smallest absolute Gasteiger partial charge is 0.259 e. The fourth-order valence-corrected chi connectivity index (χ4v) is 3.61. The summed E-state index contributed by atoms with van der Waals surface area (Å²) >= 11 is 0. The number of carbonyl (C=O) groups excluding carboxylic acids is 3. The Bertz CT molecular complexity index is 1430. The summed E-state index contributed by atoms with van der Waals surface area (Å²) in [5, 5.41) is 19.8. The van der Waals surface area contributed by atoms with E-state index in [0.717, 1.165) is 0 Å². The van der Waals surface area contributed by atoms with Gasteiger partial charge in [-0.05, 0) is 65.4 Å². The van der Waals surface area contributed by atoms with Crippen molar-refractivity contribution >= 4 is 39.9 Å². The van der Waals surface area contributed by atoms with E-state index in [4.69, 9.17) is 4.74 Å². The van der Waals surface area contributed by atoms with E-state index < -0.39 is 5.91 Å². The average Bonchev–Trinajstić information content (AvgIpc) is 2.88. The van der Waals surface area contributed by atoms with Crippen LogP contribution in [0.3, 0.4) is 0 Å². The standard InChI is InChI=1S/C27H23N3O5/c1-28-25(32)17-9-8-16-15-23(31)21(13-19(16)12-17)27(34)30-22-14-18(10-11-24(22)35-2)26(33)29-20-6-4-3-5-7-20/h3-15,31H,1-2H3,(H,28,32)(H,29,33)(H,30,34). The third kappa shape index (κ3) is 5.06. The first kappa shape index (κ1) is 23.3. The van der Waals surface area contributed by atoms with E-state index in [9.17, 15) is 19.5 Å². The lowest BCUT2D eigenvalue weighted by Crippen LogP contribution is -2.17. The molecule has 0 saturated carbocycles. The maximum absolute atomic E-state index is 13.1. The first-order valence-electron chi connectivity index (χ1n) is 10.7. The molecule has 0 aliphatic rings. The number of phenols is 1. The molecule has 0 spiro atoms. The van der Waals surface area contributed by atoms with Crippen molar-refractivity contribution in [2.75, 3.05) is 24.8 Å². The fraction of sp³-hybridized carbons (Fsp3) is 0.0741. The van der Waals surface area contributed by atoms with Crippen LogP contribution < -0.4 is 20.7 Å². The molecule has 0 bridgehead atoms. The highest BCUT2D eigenvalue weighted by molar-refractivity contribution is 6.11. The molecule has 0 atom stereocenters. The van der Waals surface area contributed by atoms with Crippen LogP contribution in [0.15, 0.2) is 78.9 Å². The van der Waals surface area contributed by atoms with E-state index in [2.05, 4.69) is 16.0 Å². The van der Waals surface area contributed by atoms with Gasteiger partial charge in [0.2, 0.25) is 0 Å². The topological polar surface area (TPSA) is 117 Å². The zero-order chi connectivity index (χ0) is 24.9. The minimum atomic E-state index is -0.603. The van der Waals surface area contributed by atoms with Gasteiger partial charge in [0, 0.05) is 23.9 Å². The van der Waals surface area contributed by atoms with Crippen molar-refractivity contribution in [2.45, 2.75) is 0 Å². The Kier molecular flexibility index (Phi) is 6.64. The van der Waals surface area contributed by atoms with Crippen LogP contribution in [0, 0.1) is 0 Å². The predicted octanol–water partition coefficient (Wildman–Crippen LogP) is 4.42. The number of hydrogen-bond acceptors (Lipinski definition) is 5. The molecule has 0 aromatic heterocycles. The lowest BCUT2D eigenvalue weighted by Gasteiger charge is -2.13. The van der Waals surface area contributed by atoms with E-state index in [1.807, 2.05) is 18.2 Å². The number of ether oxygens (including phenoxy) is 1. The summed E-state index contributed by atoms with van der Waals surface area (Å²) in [6.45, 7) is 0.